The van der Waals surface area contributed by atoms with E-state index in [4.69, 9.17) is 9.47 Å². The Bertz CT molecular complexity index is 614. The Morgan fingerprint density at radius 3 is 2.41 bits per heavy atom. The number of rotatable bonds is 8. The molecule has 0 saturated carbocycles. The highest BCUT2D eigenvalue weighted by Crippen LogP contribution is 2.15. The molecular weight excluding hydrogens is 372 g/mol. The highest BCUT2D eigenvalue weighted by Gasteiger charge is 2.23. The van der Waals surface area contributed by atoms with Gasteiger partial charge in [-0.25, -0.2) is 4.79 Å². The molecule has 29 heavy (non-hydrogen) atoms. The molecule has 1 aromatic rings. The largest absolute Gasteiger partial charge is 0.491 e. The van der Waals surface area contributed by atoms with Gasteiger partial charge in [-0.15, -0.1) is 0 Å². The van der Waals surface area contributed by atoms with Crippen LogP contribution in [0, 0.1) is 0 Å². The molecule has 1 unspecified atom stereocenters. The standard InChI is InChI=1S/C21H34N4O4/c1-2-28-21(27)25-13-11-24(12-14-25)16-19(26)17-29-20-5-3-18(4-6-20)15-23-9-7-22-8-10-23/h3-6,19,22,26H,2,7-17H2,1H3. The lowest BCUT2D eigenvalue weighted by molar-refractivity contribution is 0.0407. The maximum atomic E-state index is 11.7. The molecule has 8 heteroatoms. The first kappa shape index (κ1) is 21.8. The topological polar surface area (TPSA) is 77.5 Å². The molecule has 0 aliphatic carbocycles. The van der Waals surface area contributed by atoms with Gasteiger partial charge < -0.3 is 24.8 Å². The second-order valence-electron chi connectivity index (χ2n) is 7.62. The number of carbonyl (C=O) groups is 1. The average Bonchev–Trinajstić information content (AvgIpc) is 2.75. The van der Waals surface area contributed by atoms with Crippen LogP contribution in [-0.2, 0) is 11.3 Å². The molecule has 1 amide bonds. The number of benzene rings is 1. The number of hydrogen-bond acceptors (Lipinski definition) is 7. The van der Waals surface area contributed by atoms with Crippen LogP contribution in [0.15, 0.2) is 24.3 Å². The van der Waals surface area contributed by atoms with Gasteiger partial charge in [-0.3, -0.25) is 9.80 Å². The lowest BCUT2D eigenvalue weighted by Crippen LogP contribution is -2.51. The molecule has 8 nitrogen and oxygen atoms in total. The lowest BCUT2D eigenvalue weighted by Gasteiger charge is -2.34. The van der Waals surface area contributed by atoms with Crippen LogP contribution in [0.3, 0.4) is 0 Å². The third-order valence-electron chi connectivity index (χ3n) is 5.35. The smallest absolute Gasteiger partial charge is 0.409 e. The summed E-state index contributed by atoms with van der Waals surface area (Å²) in [5, 5.41) is 13.7. The van der Waals surface area contributed by atoms with Gasteiger partial charge in [0.2, 0.25) is 0 Å². The van der Waals surface area contributed by atoms with Crippen molar-refractivity contribution in [1.29, 1.82) is 0 Å². The predicted molar refractivity (Wildman–Crippen MR) is 111 cm³/mol. The Labute approximate surface area is 173 Å². The fourth-order valence-corrected chi connectivity index (χ4v) is 3.69. The molecule has 0 radical (unpaired) electrons. The van der Waals surface area contributed by atoms with Crippen LogP contribution < -0.4 is 10.1 Å². The summed E-state index contributed by atoms with van der Waals surface area (Å²) in [5.41, 5.74) is 1.28. The quantitative estimate of drug-likeness (QED) is 0.655. The van der Waals surface area contributed by atoms with E-state index in [0.29, 0.717) is 26.2 Å². The van der Waals surface area contributed by atoms with E-state index in [1.165, 1.54) is 5.56 Å². The second kappa shape index (κ2) is 11.3. The van der Waals surface area contributed by atoms with Gasteiger partial charge in [0.05, 0.1) is 6.61 Å². The monoisotopic (exact) mass is 406 g/mol. The van der Waals surface area contributed by atoms with Gasteiger partial charge >= 0.3 is 6.09 Å². The van der Waals surface area contributed by atoms with Crippen molar-refractivity contribution in [1.82, 2.24) is 20.0 Å². The van der Waals surface area contributed by atoms with E-state index < -0.39 is 6.10 Å². The fraction of sp³-hybridized carbons (Fsp3) is 0.667. The molecular formula is C21H34N4O4. The van der Waals surface area contributed by atoms with E-state index in [9.17, 15) is 9.90 Å². The number of hydrogen-bond donors (Lipinski definition) is 2. The molecule has 0 bridgehead atoms. The number of aliphatic hydroxyl groups is 1. The summed E-state index contributed by atoms with van der Waals surface area (Å²) in [7, 11) is 0. The maximum absolute atomic E-state index is 11.7. The predicted octanol–water partition coefficient (Wildman–Crippen LogP) is 0.606. The molecule has 2 N–H and O–H groups in total. The molecule has 1 aromatic carbocycles. The van der Waals surface area contributed by atoms with Gasteiger partial charge in [0.25, 0.3) is 0 Å². The normalized spacial score (nSPS) is 19.7. The number of ether oxygens (including phenoxy) is 2. The van der Waals surface area contributed by atoms with E-state index >= 15 is 0 Å². The molecule has 0 aromatic heterocycles. The maximum Gasteiger partial charge on any atom is 0.409 e. The van der Waals surface area contributed by atoms with Crippen LogP contribution in [0.25, 0.3) is 0 Å². The van der Waals surface area contributed by atoms with E-state index in [2.05, 4.69) is 27.2 Å². The molecule has 2 saturated heterocycles. The van der Waals surface area contributed by atoms with Crippen molar-refractivity contribution < 1.29 is 19.4 Å². The second-order valence-corrected chi connectivity index (χ2v) is 7.62. The van der Waals surface area contributed by atoms with E-state index in [1.54, 1.807) is 4.90 Å². The van der Waals surface area contributed by atoms with E-state index in [1.807, 2.05) is 19.1 Å². The first-order valence-electron chi connectivity index (χ1n) is 10.6. The van der Waals surface area contributed by atoms with Gasteiger partial charge in [-0.2, -0.15) is 0 Å². The van der Waals surface area contributed by atoms with Crippen LogP contribution in [0.4, 0.5) is 4.79 Å². The van der Waals surface area contributed by atoms with Crippen molar-refractivity contribution in [3.05, 3.63) is 29.8 Å². The summed E-state index contributed by atoms with van der Waals surface area (Å²) in [5.74, 6) is 0.778. The van der Waals surface area contributed by atoms with Crippen LogP contribution >= 0.6 is 0 Å². The van der Waals surface area contributed by atoms with Crippen LogP contribution in [-0.4, -0.2) is 104 Å². The lowest BCUT2D eigenvalue weighted by atomic mass is 10.2. The van der Waals surface area contributed by atoms with Gasteiger partial charge in [0, 0.05) is 65.4 Å². The first-order chi connectivity index (χ1) is 14.1. The van der Waals surface area contributed by atoms with E-state index in [-0.39, 0.29) is 12.7 Å². The molecule has 2 heterocycles. The SMILES string of the molecule is CCOC(=O)N1CCN(CC(O)COc2ccc(CN3CCNCC3)cc2)CC1. The summed E-state index contributed by atoms with van der Waals surface area (Å²) in [6.07, 6.45) is -0.818. The van der Waals surface area contributed by atoms with E-state index in [0.717, 1.165) is 51.6 Å². The van der Waals surface area contributed by atoms with Gasteiger partial charge in [0.15, 0.2) is 0 Å². The summed E-state index contributed by atoms with van der Waals surface area (Å²) < 4.78 is 10.8. The van der Waals surface area contributed by atoms with Crippen molar-refractivity contribution >= 4 is 6.09 Å². The molecule has 3 rings (SSSR count). The molecule has 1 atom stereocenters. The fourth-order valence-electron chi connectivity index (χ4n) is 3.69. The van der Waals surface area contributed by atoms with Crippen molar-refractivity contribution in [2.75, 3.05) is 72.1 Å². The van der Waals surface area contributed by atoms with Crippen molar-refractivity contribution in [3.8, 4) is 5.75 Å². The molecule has 2 aliphatic rings. The highest BCUT2D eigenvalue weighted by molar-refractivity contribution is 5.67. The summed E-state index contributed by atoms with van der Waals surface area (Å²) in [6, 6.07) is 8.14. The van der Waals surface area contributed by atoms with Gasteiger partial charge in [0.1, 0.15) is 18.5 Å². The third kappa shape index (κ3) is 7.15. The van der Waals surface area contributed by atoms with Gasteiger partial charge in [-0.05, 0) is 24.6 Å². The number of β-amino-alcohol motifs (C(OH)–C–C–N with tert-alkyl or cyclic N) is 1. The van der Waals surface area contributed by atoms with Crippen LogP contribution in [0.5, 0.6) is 5.75 Å². The Balaban J connectivity index is 1.34. The Hall–Kier alpha value is -1.87. The minimum atomic E-state index is -0.565. The zero-order valence-corrected chi connectivity index (χ0v) is 17.4. The highest BCUT2D eigenvalue weighted by atomic mass is 16.6. The summed E-state index contributed by atoms with van der Waals surface area (Å²) >= 11 is 0. The number of piperazine rings is 2. The van der Waals surface area contributed by atoms with Crippen LogP contribution in [0.2, 0.25) is 0 Å². The minimum Gasteiger partial charge on any atom is -0.491 e. The molecule has 162 valence electrons. The average molecular weight is 407 g/mol. The molecule has 2 aliphatic heterocycles. The summed E-state index contributed by atoms with van der Waals surface area (Å²) in [6.45, 7) is 11.0. The number of amides is 1. The van der Waals surface area contributed by atoms with Gasteiger partial charge in [-0.1, -0.05) is 12.1 Å². The number of carbonyl (C=O) groups excluding carboxylic acids is 1. The number of nitrogens with one attached hydrogen (secondary N) is 1. The third-order valence-corrected chi connectivity index (χ3v) is 5.35. The summed E-state index contributed by atoms with van der Waals surface area (Å²) in [4.78, 5) is 18.0. The Morgan fingerprint density at radius 1 is 1.07 bits per heavy atom. The molecule has 2 fully saturated rings. The zero-order valence-electron chi connectivity index (χ0n) is 17.4. The number of aliphatic hydroxyl groups excluding tert-OH is 1. The minimum absolute atomic E-state index is 0.253. The van der Waals surface area contributed by atoms with Crippen LogP contribution in [0.1, 0.15) is 12.5 Å². The molecule has 0 spiro atoms. The Morgan fingerprint density at radius 2 is 1.76 bits per heavy atom. The van der Waals surface area contributed by atoms with Crippen molar-refractivity contribution in [3.63, 3.8) is 0 Å². The Kier molecular flexibility index (Phi) is 8.54. The van der Waals surface area contributed by atoms with Crippen molar-refractivity contribution in [2.45, 2.75) is 19.6 Å². The number of nitrogens with zero attached hydrogens (tertiary/aromatic N) is 3. The first-order valence-corrected chi connectivity index (χ1v) is 10.6. The zero-order chi connectivity index (χ0) is 20.5. The van der Waals surface area contributed by atoms with Crippen molar-refractivity contribution in [2.24, 2.45) is 0 Å².